The summed E-state index contributed by atoms with van der Waals surface area (Å²) in [5.41, 5.74) is 1.31. The molecule has 0 bridgehead atoms. The van der Waals surface area contributed by atoms with E-state index in [0.717, 1.165) is 50.0 Å². The minimum Gasteiger partial charge on any atom is -0.335 e. The van der Waals surface area contributed by atoms with E-state index in [4.69, 9.17) is 0 Å². The van der Waals surface area contributed by atoms with Gasteiger partial charge in [0.2, 0.25) is 0 Å². The summed E-state index contributed by atoms with van der Waals surface area (Å²) in [5, 5.41) is 3.22. The summed E-state index contributed by atoms with van der Waals surface area (Å²) in [6.07, 6.45) is 6.12. The second kappa shape index (κ2) is 8.15. The number of halogens is 1. The Labute approximate surface area is 147 Å². The Kier molecular flexibility index (Phi) is 5.95. The van der Waals surface area contributed by atoms with Crippen molar-refractivity contribution in [2.45, 2.75) is 44.7 Å². The second-order valence-electron chi connectivity index (χ2n) is 6.64. The molecular formula is C18H26BrN3O. The van der Waals surface area contributed by atoms with E-state index in [1.807, 2.05) is 11.0 Å². The Balaban J connectivity index is 1.44. The van der Waals surface area contributed by atoms with Crippen LogP contribution in [-0.4, -0.2) is 48.1 Å². The molecule has 1 aliphatic carbocycles. The fourth-order valence-electron chi connectivity index (χ4n) is 3.49. The zero-order chi connectivity index (χ0) is 16.1. The standard InChI is InChI=1S/C18H26BrN3O/c19-17-9-5-4-6-15(17)14-21-10-12-22(13-11-21)18(23)20-16-7-2-1-3-8-16/h4-6,9,16H,1-3,7-8,10-14H2,(H,20,23). The Morgan fingerprint density at radius 2 is 1.78 bits per heavy atom. The molecule has 1 N–H and O–H groups in total. The SMILES string of the molecule is O=C(NC1CCCCC1)N1CCN(Cc2ccccc2Br)CC1. The van der Waals surface area contributed by atoms with Gasteiger partial charge in [0.05, 0.1) is 0 Å². The number of hydrogen-bond acceptors (Lipinski definition) is 2. The number of hydrogen-bond donors (Lipinski definition) is 1. The minimum atomic E-state index is 0.137. The summed E-state index contributed by atoms with van der Waals surface area (Å²) >= 11 is 3.61. The van der Waals surface area contributed by atoms with Crippen molar-refractivity contribution < 1.29 is 4.79 Å². The van der Waals surface area contributed by atoms with Crippen molar-refractivity contribution in [3.63, 3.8) is 0 Å². The van der Waals surface area contributed by atoms with Crippen LogP contribution < -0.4 is 5.32 Å². The number of rotatable bonds is 3. The molecule has 0 radical (unpaired) electrons. The molecule has 5 heteroatoms. The second-order valence-corrected chi connectivity index (χ2v) is 7.49. The highest BCUT2D eigenvalue weighted by molar-refractivity contribution is 9.10. The van der Waals surface area contributed by atoms with Crippen LogP contribution in [0, 0.1) is 0 Å². The van der Waals surface area contributed by atoms with Gasteiger partial charge < -0.3 is 10.2 Å². The van der Waals surface area contributed by atoms with Crippen LogP contribution in [0.4, 0.5) is 4.79 Å². The van der Waals surface area contributed by atoms with Crippen LogP contribution in [0.25, 0.3) is 0 Å². The van der Waals surface area contributed by atoms with Gasteiger partial charge in [0, 0.05) is 43.2 Å². The van der Waals surface area contributed by atoms with Crippen LogP contribution in [0.3, 0.4) is 0 Å². The van der Waals surface area contributed by atoms with Gasteiger partial charge >= 0.3 is 6.03 Å². The van der Waals surface area contributed by atoms with Gasteiger partial charge in [0.15, 0.2) is 0 Å². The minimum absolute atomic E-state index is 0.137. The number of nitrogens with zero attached hydrogens (tertiary/aromatic N) is 2. The molecule has 1 aromatic carbocycles. The molecule has 2 fully saturated rings. The summed E-state index contributed by atoms with van der Waals surface area (Å²) in [6.45, 7) is 4.48. The van der Waals surface area contributed by atoms with Crippen LogP contribution >= 0.6 is 15.9 Å². The van der Waals surface area contributed by atoms with Crippen LogP contribution in [0.15, 0.2) is 28.7 Å². The first-order valence-corrected chi connectivity index (χ1v) is 9.53. The molecule has 2 aliphatic rings. The van der Waals surface area contributed by atoms with Crippen LogP contribution in [-0.2, 0) is 6.54 Å². The van der Waals surface area contributed by atoms with E-state index < -0.39 is 0 Å². The van der Waals surface area contributed by atoms with Gasteiger partial charge in [0.25, 0.3) is 0 Å². The van der Waals surface area contributed by atoms with E-state index in [1.54, 1.807) is 0 Å². The smallest absolute Gasteiger partial charge is 0.317 e. The first-order valence-electron chi connectivity index (χ1n) is 8.73. The highest BCUT2D eigenvalue weighted by atomic mass is 79.9. The highest BCUT2D eigenvalue weighted by Crippen LogP contribution is 2.19. The molecule has 1 aliphatic heterocycles. The molecule has 1 aromatic rings. The number of carbonyl (C=O) groups excluding carboxylic acids is 1. The van der Waals surface area contributed by atoms with Gasteiger partial charge in [-0.3, -0.25) is 4.90 Å². The average Bonchev–Trinajstić information content (AvgIpc) is 2.58. The summed E-state index contributed by atoms with van der Waals surface area (Å²) in [5.74, 6) is 0. The first-order chi connectivity index (χ1) is 11.2. The fourth-order valence-corrected chi connectivity index (χ4v) is 3.90. The summed E-state index contributed by atoms with van der Waals surface area (Å²) in [7, 11) is 0. The number of amides is 2. The Morgan fingerprint density at radius 1 is 1.09 bits per heavy atom. The van der Waals surface area contributed by atoms with Gasteiger partial charge in [-0.1, -0.05) is 53.4 Å². The van der Waals surface area contributed by atoms with Crippen molar-refractivity contribution in [1.82, 2.24) is 15.1 Å². The van der Waals surface area contributed by atoms with Crippen molar-refractivity contribution in [2.75, 3.05) is 26.2 Å². The van der Waals surface area contributed by atoms with Gasteiger partial charge in [-0.15, -0.1) is 0 Å². The van der Waals surface area contributed by atoms with Crippen molar-refractivity contribution in [3.8, 4) is 0 Å². The largest absolute Gasteiger partial charge is 0.335 e. The predicted molar refractivity (Wildman–Crippen MR) is 96.4 cm³/mol. The maximum absolute atomic E-state index is 12.4. The number of carbonyl (C=O) groups is 1. The summed E-state index contributed by atoms with van der Waals surface area (Å²) in [6, 6.07) is 8.90. The molecule has 0 spiro atoms. The van der Waals surface area contributed by atoms with Gasteiger partial charge in [0.1, 0.15) is 0 Å². The van der Waals surface area contributed by atoms with Gasteiger partial charge in [-0.05, 0) is 24.5 Å². The third kappa shape index (κ3) is 4.70. The van der Waals surface area contributed by atoms with Crippen molar-refractivity contribution >= 4 is 22.0 Å². The molecule has 0 atom stereocenters. The van der Waals surface area contributed by atoms with E-state index in [1.165, 1.54) is 24.8 Å². The lowest BCUT2D eigenvalue weighted by Crippen LogP contribution is -2.53. The van der Waals surface area contributed by atoms with Crippen molar-refractivity contribution in [2.24, 2.45) is 0 Å². The topological polar surface area (TPSA) is 35.6 Å². The van der Waals surface area contributed by atoms with Crippen molar-refractivity contribution in [1.29, 1.82) is 0 Å². The first kappa shape index (κ1) is 16.8. The van der Waals surface area contributed by atoms with Crippen LogP contribution in [0.5, 0.6) is 0 Å². The summed E-state index contributed by atoms with van der Waals surface area (Å²) < 4.78 is 1.16. The lowest BCUT2D eigenvalue weighted by Gasteiger charge is -2.36. The van der Waals surface area contributed by atoms with E-state index in [2.05, 4.69) is 44.3 Å². The molecule has 3 rings (SSSR count). The average molecular weight is 380 g/mol. The lowest BCUT2D eigenvalue weighted by molar-refractivity contribution is 0.132. The maximum atomic E-state index is 12.4. The summed E-state index contributed by atoms with van der Waals surface area (Å²) in [4.78, 5) is 16.8. The number of piperazine rings is 1. The molecule has 126 valence electrons. The molecule has 1 saturated carbocycles. The number of urea groups is 1. The molecule has 1 heterocycles. The van der Waals surface area contributed by atoms with E-state index in [0.29, 0.717) is 6.04 Å². The van der Waals surface area contributed by atoms with Gasteiger partial charge in [-0.2, -0.15) is 0 Å². The molecule has 1 saturated heterocycles. The normalized spacial score (nSPS) is 20.5. The molecule has 4 nitrogen and oxygen atoms in total. The molecule has 2 amide bonds. The highest BCUT2D eigenvalue weighted by Gasteiger charge is 2.24. The van der Waals surface area contributed by atoms with Crippen LogP contribution in [0.1, 0.15) is 37.7 Å². The zero-order valence-corrected chi connectivity index (χ0v) is 15.2. The zero-order valence-electron chi connectivity index (χ0n) is 13.6. The van der Waals surface area contributed by atoms with E-state index in [-0.39, 0.29) is 6.03 Å². The molecule has 23 heavy (non-hydrogen) atoms. The quantitative estimate of drug-likeness (QED) is 0.870. The third-order valence-electron chi connectivity index (χ3n) is 4.94. The Morgan fingerprint density at radius 3 is 2.48 bits per heavy atom. The van der Waals surface area contributed by atoms with Crippen LogP contribution in [0.2, 0.25) is 0 Å². The third-order valence-corrected chi connectivity index (χ3v) is 5.72. The number of nitrogens with one attached hydrogen (secondary N) is 1. The molecule has 0 unspecified atom stereocenters. The lowest BCUT2D eigenvalue weighted by atomic mass is 9.96. The van der Waals surface area contributed by atoms with Crippen molar-refractivity contribution in [3.05, 3.63) is 34.3 Å². The van der Waals surface area contributed by atoms with Gasteiger partial charge in [-0.25, -0.2) is 4.79 Å². The Hall–Kier alpha value is -1.07. The fraction of sp³-hybridized carbons (Fsp3) is 0.611. The number of benzene rings is 1. The monoisotopic (exact) mass is 379 g/mol. The predicted octanol–water partition coefficient (Wildman–Crippen LogP) is 3.61. The molecule has 0 aromatic heterocycles. The van der Waals surface area contributed by atoms with E-state index >= 15 is 0 Å². The van der Waals surface area contributed by atoms with E-state index in [9.17, 15) is 4.79 Å². The maximum Gasteiger partial charge on any atom is 0.317 e. The Bertz CT molecular complexity index is 523. The molecular weight excluding hydrogens is 354 g/mol.